The first kappa shape index (κ1) is 20.3. The Hall–Kier alpha value is -4.01. The van der Waals surface area contributed by atoms with Crippen molar-refractivity contribution in [1.29, 1.82) is 0 Å². The Morgan fingerprint density at radius 1 is 1.16 bits per heavy atom. The summed E-state index contributed by atoms with van der Waals surface area (Å²) in [5, 5.41) is 8.07. The second-order valence-corrected chi connectivity index (χ2v) is 7.24. The Labute approximate surface area is 178 Å². The van der Waals surface area contributed by atoms with Gasteiger partial charge in [0.1, 0.15) is 18.6 Å². The quantitative estimate of drug-likeness (QED) is 0.475. The highest BCUT2D eigenvalue weighted by molar-refractivity contribution is 5.92. The van der Waals surface area contributed by atoms with Crippen LogP contribution >= 0.6 is 0 Å². The number of nitrogens with zero attached hydrogens (tertiary/aromatic N) is 6. The number of methoxy groups -OCH3 is 1. The van der Waals surface area contributed by atoms with Gasteiger partial charge in [0.25, 0.3) is 5.56 Å². The first-order valence-electron chi connectivity index (χ1n) is 9.71. The molecule has 9 heteroatoms. The Bertz CT molecular complexity index is 1310. The first-order valence-corrected chi connectivity index (χ1v) is 9.71. The highest BCUT2D eigenvalue weighted by Crippen LogP contribution is 2.16. The van der Waals surface area contributed by atoms with E-state index >= 15 is 0 Å². The van der Waals surface area contributed by atoms with Crippen LogP contribution in [0.2, 0.25) is 0 Å². The van der Waals surface area contributed by atoms with Crippen LogP contribution < -0.4 is 15.2 Å². The lowest BCUT2D eigenvalue weighted by atomic mass is 10.2. The van der Waals surface area contributed by atoms with Crippen LogP contribution in [0, 0.1) is 6.92 Å². The molecule has 0 N–H and O–H groups in total. The lowest BCUT2D eigenvalue weighted by molar-refractivity contribution is -0.118. The van der Waals surface area contributed by atoms with Gasteiger partial charge in [-0.1, -0.05) is 29.5 Å². The fraction of sp³-hybridized carbons (Fsp3) is 0.227. The van der Waals surface area contributed by atoms with Gasteiger partial charge in [0.15, 0.2) is 11.2 Å². The molecular weight excluding hydrogens is 396 g/mol. The molecular formula is C22H22N6O3. The Balaban J connectivity index is 1.57. The van der Waals surface area contributed by atoms with Crippen LogP contribution in [-0.2, 0) is 17.9 Å². The van der Waals surface area contributed by atoms with Gasteiger partial charge in [-0.3, -0.25) is 14.2 Å². The molecule has 1 amide bonds. The molecule has 0 saturated carbocycles. The van der Waals surface area contributed by atoms with Gasteiger partial charge in [-0.2, -0.15) is 0 Å². The second kappa shape index (κ2) is 8.39. The molecule has 0 saturated heterocycles. The van der Waals surface area contributed by atoms with Crippen LogP contribution in [-0.4, -0.2) is 44.6 Å². The number of fused-ring (bicyclic) bond motifs is 1. The van der Waals surface area contributed by atoms with E-state index < -0.39 is 5.56 Å². The van der Waals surface area contributed by atoms with Crippen LogP contribution in [0.15, 0.2) is 59.7 Å². The molecule has 2 aromatic carbocycles. The number of rotatable bonds is 6. The van der Waals surface area contributed by atoms with Gasteiger partial charge in [0.2, 0.25) is 5.91 Å². The molecule has 0 spiro atoms. The predicted molar refractivity (Wildman–Crippen MR) is 116 cm³/mol. The average molecular weight is 418 g/mol. The number of ether oxygens (including phenoxy) is 1. The molecule has 9 nitrogen and oxygen atoms in total. The van der Waals surface area contributed by atoms with Crippen molar-refractivity contribution in [2.75, 3.05) is 19.1 Å². The summed E-state index contributed by atoms with van der Waals surface area (Å²) in [6.07, 6.45) is 1.36. The Kier molecular flexibility index (Phi) is 5.48. The average Bonchev–Trinajstić information content (AvgIpc) is 3.18. The number of amides is 1. The molecule has 4 aromatic rings. The monoisotopic (exact) mass is 418 g/mol. The van der Waals surface area contributed by atoms with E-state index in [4.69, 9.17) is 4.74 Å². The molecule has 2 heterocycles. The largest absolute Gasteiger partial charge is 0.497 e. The normalized spacial score (nSPS) is 10.9. The van der Waals surface area contributed by atoms with Crippen LogP contribution in [0.3, 0.4) is 0 Å². The fourth-order valence-electron chi connectivity index (χ4n) is 3.28. The number of likely N-dealkylation sites (N-methyl/N-ethyl adjacent to an activating group) is 1. The second-order valence-electron chi connectivity index (χ2n) is 7.24. The van der Waals surface area contributed by atoms with Gasteiger partial charge >= 0.3 is 0 Å². The molecule has 31 heavy (non-hydrogen) atoms. The summed E-state index contributed by atoms with van der Waals surface area (Å²) in [5.41, 5.74) is 2.82. The number of aromatic nitrogens is 5. The fourth-order valence-corrected chi connectivity index (χ4v) is 3.28. The van der Waals surface area contributed by atoms with Crippen molar-refractivity contribution in [3.8, 4) is 5.75 Å². The molecule has 0 radical (unpaired) electrons. The first-order chi connectivity index (χ1) is 15.0. The molecule has 2 aromatic heterocycles. The maximum atomic E-state index is 12.9. The SMILES string of the molecule is COc1cccc(Cn2nnc3c(=O)n(CC(=O)N(C)c4cccc(C)c4)cnc32)c1. The molecule has 0 fully saturated rings. The molecule has 4 rings (SSSR count). The zero-order valence-electron chi connectivity index (χ0n) is 17.5. The summed E-state index contributed by atoms with van der Waals surface area (Å²) >= 11 is 0. The summed E-state index contributed by atoms with van der Waals surface area (Å²) < 4.78 is 8.04. The lowest BCUT2D eigenvalue weighted by Crippen LogP contribution is -2.34. The number of carbonyl (C=O) groups is 1. The third-order valence-electron chi connectivity index (χ3n) is 5.03. The van der Waals surface area contributed by atoms with Gasteiger partial charge in [-0.05, 0) is 42.3 Å². The Morgan fingerprint density at radius 3 is 2.74 bits per heavy atom. The topological polar surface area (TPSA) is 95.1 Å². The summed E-state index contributed by atoms with van der Waals surface area (Å²) in [4.78, 5) is 31.4. The van der Waals surface area contributed by atoms with Crippen molar-refractivity contribution >= 4 is 22.8 Å². The van der Waals surface area contributed by atoms with E-state index in [2.05, 4.69) is 15.3 Å². The maximum absolute atomic E-state index is 12.9. The third kappa shape index (κ3) is 4.16. The number of carbonyl (C=O) groups excluding carboxylic acids is 1. The number of aryl methyl sites for hydroxylation is 1. The van der Waals surface area contributed by atoms with Gasteiger partial charge in [0, 0.05) is 12.7 Å². The van der Waals surface area contributed by atoms with E-state index in [1.807, 2.05) is 55.5 Å². The third-order valence-corrected chi connectivity index (χ3v) is 5.03. The van der Waals surface area contributed by atoms with Crippen LogP contribution in [0.5, 0.6) is 5.75 Å². The number of benzene rings is 2. The van der Waals surface area contributed by atoms with E-state index in [1.54, 1.807) is 18.8 Å². The van der Waals surface area contributed by atoms with Crippen LogP contribution in [0.4, 0.5) is 5.69 Å². The summed E-state index contributed by atoms with van der Waals surface area (Å²) in [7, 11) is 3.28. The summed E-state index contributed by atoms with van der Waals surface area (Å²) in [5.74, 6) is 0.492. The number of anilines is 1. The molecule has 158 valence electrons. The van der Waals surface area contributed by atoms with E-state index in [9.17, 15) is 9.59 Å². The molecule has 0 aliphatic rings. The van der Waals surface area contributed by atoms with E-state index in [-0.39, 0.29) is 18.0 Å². The highest BCUT2D eigenvalue weighted by atomic mass is 16.5. The maximum Gasteiger partial charge on any atom is 0.283 e. The van der Waals surface area contributed by atoms with Crippen LogP contribution in [0.1, 0.15) is 11.1 Å². The molecule has 0 bridgehead atoms. The molecule has 0 aliphatic heterocycles. The molecule has 0 atom stereocenters. The minimum absolute atomic E-state index is 0.122. The van der Waals surface area contributed by atoms with E-state index in [0.29, 0.717) is 12.2 Å². The summed E-state index contributed by atoms with van der Waals surface area (Å²) in [6, 6.07) is 15.1. The van der Waals surface area contributed by atoms with Crippen molar-refractivity contribution < 1.29 is 9.53 Å². The molecule has 0 aliphatic carbocycles. The smallest absolute Gasteiger partial charge is 0.283 e. The predicted octanol–water partition coefficient (Wildman–Crippen LogP) is 2.02. The lowest BCUT2D eigenvalue weighted by Gasteiger charge is -2.18. The van der Waals surface area contributed by atoms with Crippen LogP contribution in [0.25, 0.3) is 11.2 Å². The zero-order chi connectivity index (χ0) is 22.0. The molecule has 0 unspecified atom stereocenters. The van der Waals surface area contributed by atoms with Gasteiger partial charge in [-0.15, -0.1) is 5.10 Å². The van der Waals surface area contributed by atoms with Crippen molar-refractivity contribution in [2.45, 2.75) is 20.0 Å². The highest BCUT2D eigenvalue weighted by Gasteiger charge is 2.17. The standard InChI is InChI=1S/C22H22N6O3/c1-15-6-4-8-17(10-15)26(2)19(29)13-27-14-23-21-20(22(27)30)24-25-28(21)12-16-7-5-9-18(11-16)31-3/h4-11,14H,12-13H2,1-3H3. The van der Waals surface area contributed by atoms with Gasteiger partial charge in [-0.25, -0.2) is 9.67 Å². The minimum atomic E-state index is -0.409. The Morgan fingerprint density at radius 2 is 1.97 bits per heavy atom. The van der Waals surface area contributed by atoms with E-state index in [1.165, 1.54) is 15.8 Å². The summed E-state index contributed by atoms with van der Waals surface area (Å²) in [6.45, 7) is 2.20. The van der Waals surface area contributed by atoms with E-state index in [0.717, 1.165) is 22.6 Å². The minimum Gasteiger partial charge on any atom is -0.497 e. The van der Waals surface area contributed by atoms with Crippen molar-refractivity contribution in [3.05, 3.63) is 76.3 Å². The van der Waals surface area contributed by atoms with Gasteiger partial charge in [0.05, 0.1) is 13.7 Å². The van der Waals surface area contributed by atoms with Crippen molar-refractivity contribution in [2.24, 2.45) is 0 Å². The zero-order valence-corrected chi connectivity index (χ0v) is 17.5. The van der Waals surface area contributed by atoms with Crippen molar-refractivity contribution in [1.82, 2.24) is 24.5 Å². The van der Waals surface area contributed by atoms with Gasteiger partial charge < -0.3 is 9.64 Å². The van der Waals surface area contributed by atoms with Crippen molar-refractivity contribution in [3.63, 3.8) is 0 Å². The number of hydrogen-bond acceptors (Lipinski definition) is 6. The number of hydrogen-bond donors (Lipinski definition) is 0.